The molecule has 1 unspecified atom stereocenters. The molecule has 2 heterocycles. The van der Waals surface area contributed by atoms with Crippen LogP contribution in [0.2, 0.25) is 0 Å². The van der Waals surface area contributed by atoms with E-state index in [4.69, 9.17) is 4.74 Å². The fourth-order valence-corrected chi connectivity index (χ4v) is 3.92. The van der Waals surface area contributed by atoms with Gasteiger partial charge in [0.15, 0.2) is 0 Å². The number of rotatable bonds is 3. The van der Waals surface area contributed by atoms with Crippen LogP contribution in [0.4, 0.5) is 0 Å². The van der Waals surface area contributed by atoms with Crippen LogP contribution in [0.5, 0.6) is 5.75 Å². The molecule has 2 aliphatic heterocycles. The molecule has 120 valence electrons. The summed E-state index contributed by atoms with van der Waals surface area (Å²) in [6.07, 6.45) is 2.31. The van der Waals surface area contributed by atoms with Gasteiger partial charge in [-0.15, -0.1) is 0 Å². The van der Waals surface area contributed by atoms with E-state index in [1.165, 1.54) is 6.42 Å². The maximum Gasteiger partial charge on any atom is 0.232 e. The average Bonchev–Trinajstić information content (AvgIpc) is 3.17. The lowest BCUT2D eigenvalue weighted by molar-refractivity contribution is -0.135. The molecule has 1 atom stereocenters. The van der Waals surface area contributed by atoms with Crippen molar-refractivity contribution in [2.45, 2.75) is 32.1 Å². The Bertz CT molecular complexity index is 562. The molecule has 4 nitrogen and oxygen atoms in total. The van der Waals surface area contributed by atoms with E-state index in [-0.39, 0.29) is 5.91 Å². The second-order valence-electron chi connectivity index (χ2n) is 7.23. The Morgan fingerprint density at radius 2 is 2.09 bits per heavy atom. The van der Waals surface area contributed by atoms with E-state index >= 15 is 0 Å². The zero-order valence-electron chi connectivity index (χ0n) is 13.8. The van der Waals surface area contributed by atoms with Crippen LogP contribution in [0.3, 0.4) is 0 Å². The van der Waals surface area contributed by atoms with Gasteiger partial charge in [0.05, 0.1) is 12.5 Å². The lowest BCUT2D eigenvalue weighted by Crippen LogP contribution is -2.43. The highest BCUT2D eigenvalue weighted by Crippen LogP contribution is 2.39. The first-order chi connectivity index (χ1) is 10.5. The second kappa shape index (κ2) is 5.58. The van der Waals surface area contributed by atoms with E-state index in [0.29, 0.717) is 5.41 Å². The van der Waals surface area contributed by atoms with Gasteiger partial charge in [-0.25, -0.2) is 0 Å². The maximum atomic E-state index is 13.1. The lowest BCUT2D eigenvalue weighted by Gasteiger charge is -2.32. The third-order valence-electron chi connectivity index (χ3n) is 5.37. The van der Waals surface area contributed by atoms with Crippen molar-refractivity contribution >= 4 is 5.91 Å². The molecular formula is C18H26N2O2. The molecule has 1 aromatic rings. The highest BCUT2D eigenvalue weighted by molar-refractivity contribution is 5.88. The van der Waals surface area contributed by atoms with Gasteiger partial charge in [0, 0.05) is 30.6 Å². The number of methoxy groups -OCH3 is 1. The molecule has 0 radical (unpaired) electrons. The number of amides is 1. The Balaban J connectivity index is 1.81. The first-order valence-corrected chi connectivity index (χ1v) is 8.12. The summed E-state index contributed by atoms with van der Waals surface area (Å²) in [6, 6.07) is 7.84. The quantitative estimate of drug-likeness (QED) is 0.930. The van der Waals surface area contributed by atoms with Crippen LogP contribution in [-0.4, -0.2) is 44.1 Å². The number of carbonyl (C=O) groups excluding carboxylic acids is 1. The van der Waals surface area contributed by atoms with Gasteiger partial charge in [-0.2, -0.15) is 0 Å². The summed E-state index contributed by atoms with van der Waals surface area (Å²) in [5.41, 5.74) is 0.712. The van der Waals surface area contributed by atoms with Crippen LogP contribution in [-0.2, 0) is 10.2 Å². The highest BCUT2D eigenvalue weighted by atomic mass is 16.5. The molecule has 0 aliphatic carbocycles. The smallest absolute Gasteiger partial charge is 0.232 e. The third-order valence-corrected chi connectivity index (χ3v) is 5.37. The Morgan fingerprint density at radius 1 is 1.32 bits per heavy atom. The lowest BCUT2D eigenvalue weighted by atomic mass is 9.82. The summed E-state index contributed by atoms with van der Waals surface area (Å²) in [5.74, 6) is 0.998. The van der Waals surface area contributed by atoms with Crippen LogP contribution in [0, 0.1) is 5.41 Å². The summed E-state index contributed by atoms with van der Waals surface area (Å²) in [7, 11) is 1.66. The number of likely N-dealkylation sites (tertiary alicyclic amines) is 1. The highest BCUT2D eigenvalue weighted by Gasteiger charge is 2.45. The van der Waals surface area contributed by atoms with Crippen molar-refractivity contribution in [1.29, 1.82) is 0 Å². The standard InChI is InChI=1S/C18H26N2O2/c1-17(2,14-6-4-5-7-15(14)22-3)16(21)20-11-9-18(13-20)8-10-19-12-18/h4-7,19H,8-13H2,1-3H3. The van der Waals surface area contributed by atoms with Crippen molar-refractivity contribution in [1.82, 2.24) is 10.2 Å². The Hall–Kier alpha value is -1.55. The SMILES string of the molecule is COc1ccccc1C(C)(C)C(=O)N1CCC2(CCNC2)C1. The minimum absolute atomic E-state index is 0.209. The predicted octanol–water partition coefficient (Wildman–Crippen LogP) is 2.18. The van der Waals surface area contributed by atoms with Gasteiger partial charge in [0.1, 0.15) is 5.75 Å². The van der Waals surface area contributed by atoms with E-state index in [1.807, 2.05) is 38.1 Å². The maximum absolute atomic E-state index is 13.1. The number of benzene rings is 1. The molecule has 2 fully saturated rings. The first-order valence-electron chi connectivity index (χ1n) is 8.12. The van der Waals surface area contributed by atoms with Crippen molar-refractivity contribution in [2.75, 3.05) is 33.3 Å². The molecule has 0 aromatic heterocycles. The Morgan fingerprint density at radius 3 is 2.77 bits per heavy atom. The molecule has 22 heavy (non-hydrogen) atoms. The van der Waals surface area contributed by atoms with Crippen LogP contribution in [0.1, 0.15) is 32.3 Å². The molecule has 4 heteroatoms. The van der Waals surface area contributed by atoms with Gasteiger partial charge in [-0.3, -0.25) is 4.79 Å². The second-order valence-corrected chi connectivity index (χ2v) is 7.23. The number of ether oxygens (including phenoxy) is 1. The summed E-state index contributed by atoms with van der Waals surface area (Å²) in [6.45, 7) is 7.90. The summed E-state index contributed by atoms with van der Waals surface area (Å²) in [4.78, 5) is 15.2. The zero-order valence-corrected chi connectivity index (χ0v) is 13.8. The minimum atomic E-state index is -0.565. The van der Waals surface area contributed by atoms with Gasteiger partial charge < -0.3 is 15.0 Å². The first kappa shape index (κ1) is 15.3. The summed E-state index contributed by atoms with van der Waals surface area (Å²) < 4.78 is 5.46. The fourth-order valence-electron chi connectivity index (χ4n) is 3.92. The van der Waals surface area contributed by atoms with Gasteiger partial charge in [0.2, 0.25) is 5.91 Å². The topological polar surface area (TPSA) is 41.6 Å². The molecule has 1 spiro atoms. The number of hydrogen-bond donors (Lipinski definition) is 1. The van der Waals surface area contributed by atoms with Crippen LogP contribution >= 0.6 is 0 Å². The van der Waals surface area contributed by atoms with Gasteiger partial charge in [0.25, 0.3) is 0 Å². The number of nitrogens with one attached hydrogen (secondary N) is 1. The van der Waals surface area contributed by atoms with E-state index in [1.54, 1.807) is 7.11 Å². The number of carbonyl (C=O) groups is 1. The number of nitrogens with zero attached hydrogens (tertiary/aromatic N) is 1. The molecule has 2 aliphatic rings. The van der Waals surface area contributed by atoms with Crippen molar-refractivity contribution in [2.24, 2.45) is 5.41 Å². The van der Waals surface area contributed by atoms with E-state index in [0.717, 1.165) is 43.9 Å². The Kier molecular flexibility index (Phi) is 3.89. The summed E-state index contributed by atoms with van der Waals surface area (Å²) >= 11 is 0. The molecule has 0 saturated carbocycles. The minimum Gasteiger partial charge on any atom is -0.496 e. The van der Waals surface area contributed by atoms with Gasteiger partial charge in [-0.1, -0.05) is 18.2 Å². The molecule has 1 amide bonds. The van der Waals surface area contributed by atoms with E-state index < -0.39 is 5.41 Å². The predicted molar refractivity (Wildman–Crippen MR) is 87.1 cm³/mol. The van der Waals surface area contributed by atoms with Gasteiger partial charge >= 0.3 is 0 Å². The molecular weight excluding hydrogens is 276 g/mol. The number of hydrogen-bond acceptors (Lipinski definition) is 3. The third kappa shape index (κ3) is 2.50. The molecule has 1 N–H and O–H groups in total. The zero-order chi connectivity index (χ0) is 15.8. The van der Waals surface area contributed by atoms with Crippen molar-refractivity contribution in [3.8, 4) is 5.75 Å². The molecule has 1 aromatic carbocycles. The average molecular weight is 302 g/mol. The largest absolute Gasteiger partial charge is 0.496 e. The molecule has 3 rings (SSSR count). The fraction of sp³-hybridized carbons (Fsp3) is 0.611. The van der Waals surface area contributed by atoms with Gasteiger partial charge in [-0.05, 0) is 39.3 Å². The monoisotopic (exact) mass is 302 g/mol. The van der Waals surface area contributed by atoms with Crippen molar-refractivity contribution in [3.63, 3.8) is 0 Å². The van der Waals surface area contributed by atoms with Crippen LogP contribution in [0.15, 0.2) is 24.3 Å². The number of para-hydroxylation sites is 1. The van der Waals surface area contributed by atoms with Crippen molar-refractivity contribution in [3.05, 3.63) is 29.8 Å². The molecule has 0 bridgehead atoms. The van der Waals surface area contributed by atoms with E-state index in [2.05, 4.69) is 10.2 Å². The summed E-state index contributed by atoms with van der Waals surface area (Å²) in [5, 5.41) is 3.45. The van der Waals surface area contributed by atoms with Crippen molar-refractivity contribution < 1.29 is 9.53 Å². The molecule has 2 saturated heterocycles. The normalized spacial score (nSPS) is 25.0. The van der Waals surface area contributed by atoms with Crippen LogP contribution in [0.25, 0.3) is 0 Å². The Labute approximate surface area is 132 Å². The van der Waals surface area contributed by atoms with Crippen LogP contribution < -0.4 is 10.1 Å². The van der Waals surface area contributed by atoms with E-state index in [9.17, 15) is 4.79 Å².